The van der Waals surface area contributed by atoms with Crippen LogP contribution in [0.3, 0.4) is 0 Å². The molecule has 2 rings (SSSR count). The normalized spacial score (nSPS) is 17.0. The summed E-state index contributed by atoms with van der Waals surface area (Å²) in [5, 5.41) is 11.2. The number of nitrogens with zero attached hydrogens (tertiary/aromatic N) is 1. The molecule has 0 aliphatic heterocycles. The largest absolute Gasteiger partial charge is 0.318 e. The molecule has 0 spiro atoms. The Labute approximate surface area is 122 Å². The Morgan fingerprint density at radius 2 is 2.10 bits per heavy atom. The Hall–Kier alpha value is -1.71. The summed E-state index contributed by atoms with van der Waals surface area (Å²) in [5.41, 5.74) is 1.56. The Kier molecular flexibility index (Phi) is 4.45. The van der Waals surface area contributed by atoms with E-state index in [9.17, 15) is 18.5 Å². The summed E-state index contributed by atoms with van der Waals surface area (Å²) in [7, 11) is -3.98. The summed E-state index contributed by atoms with van der Waals surface area (Å²) in [6.45, 7) is 1.78. The first-order valence-corrected chi connectivity index (χ1v) is 8.11. The van der Waals surface area contributed by atoms with Gasteiger partial charge in [-0.1, -0.05) is 12.5 Å². The fourth-order valence-electron chi connectivity index (χ4n) is 2.39. The second kappa shape index (κ2) is 5.96. The summed E-state index contributed by atoms with van der Waals surface area (Å²) < 4.78 is 27.3. The maximum Gasteiger partial charge on any atom is 0.313 e. The Morgan fingerprint density at radius 3 is 2.57 bits per heavy atom. The molecule has 116 valence electrons. The van der Waals surface area contributed by atoms with Gasteiger partial charge in [-0.2, -0.15) is 0 Å². The van der Waals surface area contributed by atoms with Crippen LogP contribution in [0.4, 0.5) is 11.4 Å². The molecule has 4 N–H and O–H groups in total. The fourth-order valence-corrected chi connectivity index (χ4v) is 3.89. The molecular weight excluding hydrogens is 296 g/mol. The van der Waals surface area contributed by atoms with E-state index in [0.29, 0.717) is 0 Å². The maximum absolute atomic E-state index is 12.4. The summed E-state index contributed by atoms with van der Waals surface area (Å²) in [4.78, 5) is 10.0. The maximum atomic E-state index is 12.4. The third-order valence-corrected chi connectivity index (χ3v) is 5.42. The number of nitro benzene ring substituents is 1. The Morgan fingerprint density at radius 1 is 1.43 bits per heavy atom. The Bertz CT molecular complexity index is 643. The van der Waals surface area contributed by atoms with Crippen molar-refractivity contribution in [2.45, 2.75) is 37.1 Å². The number of sulfonamides is 1. The number of nitro groups is 1. The van der Waals surface area contributed by atoms with Crippen LogP contribution in [0.2, 0.25) is 0 Å². The van der Waals surface area contributed by atoms with Crippen LogP contribution in [-0.4, -0.2) is 19.4 Å². The van der Waals surface area contributed by atoms with Gasteiger partial charge in [0.05, 0.1) is 4.92 Å². The van der Waals surface area contributed by atoms with E-state index in [1.54, 1.807) is 6.92 Å². The van der Waals surface area contributed by atoms with Crippen LogP contribution in [0.5, 0.6) is 0 Å². The average Bonchev–Trinajstić information content (AvgIpc) is 2.34. The number of para-hydroxylation sites is 1. The van der Waals surface area contributed by atoms with Crippen LogP contribution >= 0.6 is 0 Å². The number of nitrogens with one attached hydrogen (secondary N) is 2. The van der Waals surface area contributed by atoms with Gasteiger partial charge in [-0.05, 0) is 37.8 Å². The van der Waals surface area contributed by atoms with Crippen molar-refractivity contribution in [2.24, 2.45) is 11.8 Å². The topological polar surface area (TPSA) is 127 Å². The number of nitrogens with two attached hydrogens (primary N) is 1. The molecule has 1 aromatic carbocycles. The van der Waals surface area contributed by atoms with Crippen molar-refractivity contribution in [3.63, 3.8) is 0 Å². The van der Waals surface area contributed by atoms with Gasteiger partial charge in [0.2, 0.25) is 10.0 Å². The van der Waals surface area contributed by atoms with E-state index in [0.717, 1.165) is 19.3 Å². The highest BCUT2D eigenvalue weighted by atomic mass is 32.2. The molecule has 0 saturated heterocycles. The van der Waals surface area contributed by atoms with Gasteiger partial charge in [0.25, 0.3) is 0 Å². The predicted molar refractivity (Wildman–Crippen MR) is 78.0 cm³/mol. The molecule has 8 nitrogen and oxygen atoms in total. The molecular formula is C12H18N4O4S. The molecule has 0 amide bonds. The van der Waals surface area contributed by atoms with E-state index in [1.165, 1.54) is 18.2 Å². The van der Waals surface area contributed by atoms with Crippen LogP contribution in [0, 0.1) is 16.0 Å². The zero-order valence-electron chi connectivity index (χ0n) is 11.6. The molecule has 0 heterocycles. The monoisotopic (exact) mass is 314 g/mol. The van der Waals surface area contributed by atoms with Gasteiger partial charge in [0, 0.05) is 6.04 Å². The lowest BCUT2D eigenvalue weighted by atomic mass is 9.81. The van der Waals surface area contributed by atoms with Crippen molar-refractivity contribution in [2.75, 3.05) is 5.43 Å². The lowest BCUT2D eigenvalue weighted by Gasteiger charge is -2.31. The van der Waals surface area contributed by atoms with Crippen LogP contribution in [0.15, 0.2) is 23.1 Å². The van der Waals surface area contributed by atoms with E-state index in [-0.39, 0.29) is 22.5 Å². The van der Waals surface area contributed by atoms with Crippen LogP contribution < -0.4 is 16.0 Å². The molecule has 1 unspecified atom stereocenters. The molecule has 0 radical (unpaired) electrons. The number of rotatable bonds is 6. The first kappa shape index (κ1) is 15.7. The van der Waals surface area contributed by atoms with Gasteiger partial charge in [0.15, 0.2) is 4.90 Å². The average molecular weight is 314 g/mol. The number of nitrogen functional groups attached to an aromatic ring is 1. The van der Waals surface area contributed by atoms with Crippen molar-refractivity contribution in [3.8, 4) is 0 Å². The van der Waals surface area contributed by atoms with Crippen molar-refractivity contribution >= 4 is 21.4 Å². The lowest BCUT2D eigenvalue weighted by molar-refractivity contribution is -0.386. The highest BCUT2D eigenvalue weighted by molar-refractivity contribution is 7.89. The second-order valence-electron chi connectivity index (χ2n) is 5.15. The molecule has 1 saturated carbocycles. The predicted octanol–water partition coefficient (Wildman–Crippen LogP) is 1.35. The van der Waals surface area contributed by atoms with Crippen LogP contribution in [-0.2, 0) is 10.0 Å². The SMILES string of the molecule is CC(NS(=O)(=O)c1cccc(NN)c1[N+](=O)[O-])C1CCC1. The first-order valence-electron chi connectivity index (χ1n) is 6.63. The lowest BCUT2D eigenvalue weighted by Crippen LogP contribution is -2.40. The zero-order valence-corrected chi connectivity index (χ0v) is 12.4. The van der Waals surface area contributed by atoms with Gasteiger partial charge < -0.3 is 5.43 Å². The van der Waals surface area contributed by atoms with E-state index in [1.807, 2.05) is 0 Å². The summed E-state index contributed by atoms with van der Waals surface area (Å²) in [6, 6.07) is 3.71. The van der Waals surface area contributed by atoms with Crippen molar-refractivity contribution in [1.82, 2.24) is 4.72 Å². The molecule has 21 heavy (non-hydrogen) atoms. The summed E-state index contributed by atoms with van der Waals surface area (Å²) >= 11 is 0. The molecule has 1 aliphatic rings. The third-order valence-electron chi connectivity index (χ3n) is 3.82. The smallest absolute Gasteiger partial charge is 0.313 e. The Balaban J connectivity index is 2.37. The van der Waals surface area contributed by atoms with Gasteiger partial charge in [-0.3, -0.25) is 16.0 Å². The van der Waals surface area contributed by atoms with Crippen LogP contribution in [0.25, 0.3) is 0 Å². The minimum Gasteiger partial charge on any atom is -0.318 e. The number of anilines is 1. The standard InChI is InChI=1S/C12H18N4O4S/c1-8(9-4-2-5-9)15-21(19,20)11-7-3-6-10(14-13)12(11)16(17)18/h3,6-9,14-15H,2,4-5,13H2,1H3. The van der Waals surface area contributed by atoms with Crippen LogP contribution in [0.1, 0.15) is 26.2 Å². The zero-order chi connectivity index (χ0) is 15.6. The third kappa shape index (κ3) is 3.14. The fraction of sp³-hybridized carbons (Fsp3) is 0.500. The van der Waals surface area contributed by atoms with Crippen molar-refractivity contribution in [1.29, 1.82) is 0 Å². The molecule has 0 bridgehead atoms. The molecule has 9 heteroatoms. The van der Waals surface area contributed by atoms with Gasteiger partial charge in [-0.25, -0.2) is 13.1 Å². The highest BCUT2D eigenvalue weighted by Gasteiger charge is 2.33. The summed E-state index contributed by atoms with van der Waals surface area (Å²) in [5.74, 6) is 5.50. The number of hydrazine groups is 1. The molecule has 1 aromatic rings. The van der Waals surface area contributed by atoms with Crippen molar-refractivity contribution in [3.05, 3.63) is 28.3 Å². The molecule has 0 aromatic heterocycles. The molecule has 1 atom stereocenters. The molecule has 1 aliphatic carbocycles. The number of hydrogen-bond acceptors (Lipinski definition) is 6. The number of benzene rings is 1. The number of hydrogen-bond donors (Lipinski definition) is 3. The minimum absolute atomic E-state index is 0.0424. The van der Waals surface area contributed by atoms with E-state index in [4.69, 9.17) is 5.84 Å². The van der Waals surface area contributed by atoms with Gasteiger partial charge >= 0.3 is 5.69 Å². The van der Waals surface area contributed by atoms with E-state index in [2.05, 4.69) is 10.1 Å². The van der Waals surface area contributed by atoms with Gasteiger partial charge in [-0.15, -0.1) is 0 Å². The van der Waals surface area contributed by atoms with Crippen molar-refractivity contribution < 1.29 is 13.3 Å². The minimum atomic E-state index is -3.98. The van der Waals surface area contributed by atoms with E-state index < -0.39 is 20.6 Å². The first-order chi connectivity index (χ1) is 9.86. The molecule has 1 fully saturated rings. The second-order valence-corrected chi connectivity index (χ2v) is 6.84. The quantitative estimate of drug-likeness (QED) is 0.413. The highest BCUT2D eigenvalue weighted by Crippen LogP contribution is 2.33. The summed E-state index contributed by atoms with van der Waals surface area (Å²) in [6.07, 6.45) is 3.02. The van der Waals surface area contributed by atoms with Gasteiger partial charge in [0.1, 0.15) is 5.69 Å². The van der Waals surface area contributed by atoms with E-state index >= 15 is 0 Å².